The first-order chi connectivity index (χ1) is 14.9. The summed E-state index contributed by atoms with van der Waals surface area (Å²) in [7, 11) is -1.53. The maximum Gasteiger partial charge on any atom is 0.243 e. The highest BCUT2D eigenvalue weighted by Gasteiger charge is 2.29. The first-order valence-electron chi connectivity index (χ1n) is 11.4. The molecule has 8 nitrogen and oxygen atoms in total. The van der Waals surface area contributed by atoms with E-state index in [2.05, 4.69) is 22.2 Å². The summed E-state index contributed by atoms with van der Waals surface area (Å²) in [5.41, 5.74) is 1.51. The third kappa shape index (κ3) is 5.22. The summed E-state index contributed by atoms with van der Waals surface area (Å²) in [4.78, 5) is 17.7. The Kier molecular flexibility index (Phi) is 7.15. The molecule has 3 fully saturated rings. The lowest BCUT2D eigenvalue weighted by atomic mass is 9.88. The molecule has 0 radical (unpaired) electrons. The minimum Gasteiger partial charge on any atom is -0.379 e. The molecule has 0 unspecified atom stereocenters. The predicted octanol–water partition coefficient (Wildman–Crippen LogP) is 1.98. The van der Waals surface area contributed by atoms with Gasteiger partial charge in [0.1, 0.15) is 0 Å². The first-order valence-corrected chi connectivity index (χ1v) is 12.9. The van der Waals surface area contributed by atoms with Gasteiger partial charge in [-0.15, -0.1) is 0 Å². The van der Waals surface area contributed by atoms with E-state index < -0.39 is 10.0 Å². The highest BCUT2D eigenvalue weighted by molar-refractivity contribution is 7.89. The second kappa shape index (κ2) is 9.85. The van der Waals surface area contributed by atoms with Crippen molar-refractivity contribution in [3.8, 4) is 0 Å². The van der Waals surface area contributed by atoms with Gasteiger partial charge in [0.25, 0.3) is 0 Å². The Bertz CT molecular complexity index is 871. The summed E-state index contributed by atoms with van der Waals surface area (Å²) in [6.07, 6.45) is 5.15. The van der Waals surface area contributed by atoms with E-state index in [4.69, 9.17) is 4.74 Å². The number of piperazine rings is 1. The molecule has 4 rings (SSSR count). The molecule has 2 heterocycles. The van der Waals surface area contributed by atoms with Crippen LogP contribution in [0.25, 0.3) is 0 Å². The molecule has 0 aromatic heterocycles. The average Bonchev–Trinajstić information content (AvgIpc) is 2.81. The Balaban J connectivity index is 1.62. The molecule has 0 spiro atoms. The Morgan fingerprint density at radius 2 is 1.68 bits per heavy atom. The van der Waals surface area contributed by atoms with Crippen LogP contribution in [0.2, 0.25) is 0 Å². The topological polar surface area (TPSA) is 82.2 Å². The van der Waals surface area contributed by atoms with Gasteiger partial charge < -0.3 is 19.9 Å². The standard InChI is InChI=1S/C22H34N4O4S/c1-24-9-11-25(12-10-24)21-8-7-19(31(28,29)26-13-15-30-16-14-26)17-20(21)23-22(27)18-5-3-2-4-6-18/h7-8,17-18H,2-6,9-16H2,1H3,(H,23,27). The predicted molar refractivity (Wildman–Crippen MR) is 121 cm³/mol. The van der Waals surface area contributed by atoms with Gasteiger partial charge in [0.2, 0.25) is 15.9 Å². The maximum absolute atomic E-state index is 13.2. The summed E-state index contributed by atoms with van der Waals surface area (Å²) in [6.45, 7) is 5.08. The van der Waals surface area contributed by atoms with Crippen LogP contribution in [-0.2, 0) is 19.6 Å². The van der Waals surface area contributed by atoms with E-state index in [0.29, 0.717) is 32.0 Å². The molecule has 1 saturated carbocycles. The Hall–Kier alpha value is -1.68. The van der Waals surface area contributed by atoms with Crippen LogP contribution >= 0.6 is 0 Å². The Morgan fingerprint density at radius 3 is 2.35 bits per heavy atom. The van der Waals surface area contributed by atoms with Crippen molar-refractivity contribution < 1.29 is 17.9 Å². The highest BCUT2D eigenvalue weighted by Crippen LogP contribution is 2.33. The molecular formula is C22H34N4O4S. The largest absolute Gasteiger partial charge is 0.379 e. The van der Waals surface area contributed by atoms with Crippen molar-refractivity contribution in [2.24, 2.45) is 5.92 Å². The number of nitrogens with one attached hydrogen (secondary N) is 1. The molecule has 0 atom stereocenters. The third-order valence-electron chi connectivity index (χ3n) is 6.65. The van der Waals surface area contributed by atoms with Gasteiger partial charge in [-0.1, -0.05) is 19.3 Å². The van der Waals surface area contributed by atoms with Crippen molar-refractivity contribution in [1.29, 1.82) is 0 Å². The number of rotatable bonds is 5. The molecule has 172 valence electrons. The molecule has 1 aromatic carbocycles. The first kappa shape index (κ1) is 22.5. The van der Waals surface area contributed by atoms with E-state index in [1.165, 1.54) is 10.7 Å². The van der Waals surface area contributed by atoms with E-state index in [9.17, 15) is 13.2 Å². The summed E-state index contributed by atoms with van der Waals surface area (Å²) in [6, 6.07) is 5.18. The van der Waals surface area contributed by atoms with Crippen molar-refractivity contribution in [2.45, 2.75) is 37.0 Å². The molecule has 1 aromatic rings. The molecule has 1 amide bonds. The van der Waals surface area contributed by atoms with E-state index in [1.54, 1.807) is 12.1 Å². The number of amides is 1. The summed E-state index contributed by atoms with van der Waals surface area (Å²) in [5, 5.41) is 3.10. The van der Waals surface area contributed by atoms with E-state index >= 15 is 0 Å². The van der Waals surface area contributed by atoms with Crippen LogP contribution < -0.4 is 10.2 Å². The van der Waals surface area contributed by atoms with Crippen molar-refractivity contribution in [3.63, 3.8) is 0 Å². The second-order valence-corrected chi connectivity index (χ2v) is 10.7. The van der Waals surface area contributed by atoms with Crippen LogP contribution in [0.3, 0.4) is 0 Å². The van der Waals surface area contributed by atoms with Gasteiger partial charge in [0.05, 0.1) is 29.5 Å². The van der Waals surface area contributed by atoms with E-state index in [0.717, 1.165) is 57.5 Å². The fourth-order valence-electron chi connectivity index (χ4n) is 4.63. The highest BCUT2D eigenvalue weighted by atomic mass is 32.2. The number of anilines is 2. The van der Waals surface area contributed by atoms with Crippen molar-refractivity contribution in [1.82, 2.24) is 9.21 Å². The zero-order valence-electron chi connectivity index (χ0n) is 18.4. The molecule has 3 aliphatic rings. The Morgan fingerprint density at radius 1 is 1.00 bits per heavy atom. The molecule has 0 bridgehead atoms. The van der Waals surface area contributed by atoms with Crippen LogP contribution in [0.4, 0.5) is 11.4 Å². The van der Waals surface area contributed by atoms with Gasteiger partial charge in [-0.25, -0.2) is 8.42 Å². The van der Waals surface area contributed by atoms with Gasteiger partial charge in [-0.05, 0) is 38.1 Å². The number of benzene rings is 1. The average molecular weight is 451 g/mol. The summed E-state index contributed by atoms with van der Waals surface area (Å²) in [5.74, 6) is 0.0181. The van der Waals surface area contributed by atoms with Crippen LogP contribution in [0.1, 0.15) is 32.1 Å². The van der Waals surface area contributed by atoms with Crippen LogP contribution in [0, 0.1) is 5.92 Å². The smallest absolute Gasteiger partial charge is 0.243 e. The normalized spacial score (nSPS) is 22.4. The lowest BCUT2D eigenvalue weighted by molar-refractivity contribution is -0.120. The number of sulfonamides is 1. The van der Waals surface area contributed by atoms with E-state index in [1.807, 2.05) is 6.07 Å². The Labute approximate surface area is 185 Å². The quantitative estimate of drug-likeness (QED) is 0.739. The molecule has 9 heteroatoms. The van der Waals surface area contributed by atoms with E-state index in [-0.39, 0.29) is 16.7 Å². The van der Waals surface area contributed by atoms with Crippen molar-refractivity contribution in [2.75, 3.05) is 69.7 Å². The molecule has 2 saturated heterocycles. The second-order valence-electron chi connectivity index (χ2n) is 8.81. The number of carbonyl (C=O) groups excluding carboxylic acids is 1. The van der Waals surface area contributed by atoms with Gasteiger partial charge in [0.15, 0.2) is 0 Å². The number of hydrogen-bond donors (Lipinski definition) is 1. The molecule has 1 N–H and O–H groups in total. The fraction of sp³-hybridized carbons (Fsp3) is 0.682. The maximum atomic E-state index is 13.2. The summed E-state index contributed by atoms with van der Waals surface area (Å²) >= 11 is 0. The lowest BCUT2D eigenvalue weighted by Crippen LogP contribution is -2.45. The van der Waals surface area contributed by atoms with Gasteiger partial charge in [-0.3, -0.25) is 4.79 Å². The number of hydrogen-bond acceptors (Lipinski definition) is 6. The third-order valence-corrected chi connectivity index (χ3v) is 8.55. The number of morpholine rings is 1. The number of nitrogens with zero attached hydrogens (tertiary/aromatic N) is 3. The van der Waals surface area contributed by atoms with Crippen LogP contribution in [0.15, 0.2) is 23.1 Å². The lowest BCUT2D eigenvalue weighted by Gasteiger charge is -2.35. The summed E-state index contributed by atoms with van der Waals surface area (Å²) < 4.78 is 33.2. The zero-order chi connectivity index (χ0) is 21.8. The minimum atomic E-state index is -3.63. The van der Waals surface area contributed by atoms with Gasteiger partial charge in [0, 0.05) is 45.2 Å². The minimum absolute atomic E-state index is 0.00796. The number of ether oxygens (including phenoxy) is 1. The van der Waals surface area contributed by atoms with Crippen LogP contribution in [-0.4, -0.2) is 83.1 Å². The molecule has 2 aliphatic heterocycles. The molecule has 1 aliphatic carbocycles. The number of carbonyl (C=O) groups is 1. The van der Waals surface area contributed by atoms with Crippen LogP contribution in [0.5, 0.6) is 0 Å². The van der Waals surface area contributed by atoms with Gasteiger partial charge >= 0.3 is 0 Å². The fourth-order valence-corrected chi connectivity index (χ4v) is 6.07. The SMILES string of the molecule is CN1CCN(c2ccc(S(=O)(=O)N3CCOCC3)cc2NC(=O)C2CCCCC2)CC1. The monoisotopic (exact) mass is 450 g/mol. The zero-order valence-corrected chi connectivity index (χ0v) is 19.2. The number of likely N-dealkylation sites (N-methyl/N-ethyl adjacent to an activating group) is 1. The molecule has 31 heavy (non-hydrogen) atoms. The molecular weight excluding hydrogens is 416 g/mol. The van der Waals surface area contributed by atoms with Crippen molar-refractivity contribution in [3.05, 3.63) is 18.2 Å². The van der Waals surface area contributed by atoms with Crippen molar-refractivity contribution >= 4 is 27.3 Å². The van der Waals surface area contributed by atoms with Gasteiger partial charge in [-0.2, -0.15) is 4.31 Å².